The molecular weight excluding hydrogens is 481 g/mol. The van der Waals surface area contributed by atoms with Crippen molar-refractivity contribution in [3.05, 3.63) is 22.4 Å². The Hall–Kier alpha value is -0.380. The van der Waals surface area contributed by atoms with Crippen molar-refractivity contribution in [3.63, 3.8) is 0 Å². The third-order valence-corrected chi connectivity index (χ3v) is 6.59. The molecule has 1 aromatic rings. The van der Waals surface area contributed by atoms with Crippen molar-refractivity contribution in [3.8, 4) is 0 Å². The fourth-order valence-corrected chi connectivity index (χ4v) is 4.96. The molecule has 1 aromatic heterocycles. The van der Waals surface area contributed by atoms with Crippen molar-refractivity contribution >= 4 is 41.3 Å². The van der Waals surface area contributed by atoms with Gasteiger partial charge in [-0.05, 0) is 89.6 Å². The van der Waals surface area contributed by atoms with Crippen LogP contribution in [0.5, 0.6) is 0 Å². The smallest absolute Gasteiger partial charge is 0.191 e. The molecule has 2 aliphatic heterocycles. The summed E-state index contributed by atoms with van der Waals surface area (Å²) in [5.41, 5.74) is 0. The molecule has 2 N–H and O–H groups in total. The predicted molar refractivity (Wildman–Crippen MR) is 132 cm³/mol. The van der Waals surface area contributed by atoms with Gasteiger partial charge in [0.05, 0.1) is 12.6 Å². The average molecular weight is 520 g/mol. The van der Waals surface area contributed by atoms with Gasteiger partial charge in [-0.2, -0.15) is 0 Å². The number of unbranched alkanes of at least 4 members (excludes halogenated alkanes) is 1. The van der Waals surface area contributed by atoms with E-state index in [4.69, 9.17) is 4.99 Å². The Kier molecular flexibility index (Phi) is 11.8. The van der Waals surface area contributed by atoms with Gasteiger partial charge in [0.15, 0.2) is 5.96 Å². The van der Waals surface area contributed by atoms with Crippen molar-refractivity contribution in [1.82, 2.24) is 20.4 Å². The molecule has 3 rings (SSSR count). The summed E-state index contributed by atoms with van der Waals surface area (Å²) in [4.78, 5) is 11.6. The molecule has 2 fully saturated rings. The summed E-state index contributed by atoms with van der Waals surface area (Å²) in [6.45, 7) is 11.2. The molecule has 28 heavy (non-hydrogen) atoms. The second kappa shape index (κ2) is 13.8. The number of nitrogens with one attached hydrogen (secondary N) is 2. The minimum atomic E-state index is 0. The third-order valence-electron chi connectivity index (χ3n) is 5.61. The first-order valence-corrected chi connectivity index (χ1v) is 11.8. The summed E-state index contributed by atoms with van der Waals surface area (Å²) in [5, 5.41) is 9.15. The minimum absolute atomic E-state index is 0. The molecule has 0 aromatic carbocycles. The Morgan fingerprint density at radius 3 is 2.54 bits per heavy atom. The Bertz CT molecular complexity index is 539. The SMILES string of the molecule is CCNC(=NCC(c1cccs1)N1CCCC1)NCCCCN1CCCC1.I. The van der Waals surface area contributed by atoms with E-state index in [1.54, 1.807) is 0 Å². The lowest BCUT2D eigenvalue weighted by Gasteiger charge is -2.25. The van der Waals surface area contributed by atoms with E-state index in [0.717, 1.165) is 25.6 Å². The molecule has 5 nitrogen and oxygen atoms in total. The van der Waals surface area contributed by atoms with Gasteiger partial charge in [-0.15, -0.1) is 35.3 Å². The summed E-state index contributed by atoms with van der Waals surface area (Å²) in [6, 6.07) is 4.86. The first-order valence-electron chi connectivity index (χ1n) is 10.9. The van der Waals surface area contributed by atoms with Crippen LogP contribution in [0.25, 0.3) is 0 Å². The van der Waals surface area contributed by atoms with Crippen molar-refractivity contribution in [1.29, 1.82) is 0 Å². The number of thiophene rings is 1. The van der Waals surface area contributed by atoms with E-state index in [-0.39, 0.29) is 24.0 Å². The highest BCUT2D eigenvalue weighted by atomic mass is 127. The zero-order valence-corrected chi connectivity index (χ0v) is 20.5. The predicted octanol–water partition coefficient (Wildman–Crippen LogP) is 3.93. The van der Waals surface area contributed by atoms with Crippen LogP contribution < -0.4 is 10.6 Å². The molecule has 0 aliphatic carbocycles. The Morgan fingerprint density at radius 2 is 1.86 bits per heavy atom. The maximum absolute atomic E-state index is 4.94. The van der Waals surface area contributed by atoms with Crippen LogP contribution in [0.3, 0.4) is 0 Å². The van der Waals surface area contributed by atoms with Crippen LogP contribution in [0.1, 0.15) is 56.4 Å². The second-order valence-corrected chi connectivity index (χ2v) is 8.66. The van der Waals surface area contributed by atoms with Gasteiger partial charge in [-0.3, -0.25) is 9.89 Å². The van der Waals surface area contributed by atoms with Gasteiger partial charge in [-0.25, -0.2) is 0 Å². The molecular formula is C21H38IN5S. The van der Waals surface area contributed by atoms with Gasteiger partial charge in [0, 0.05) is 18.0 Å². The standard InChI is InChI=1S/C21H37N5S.HI/c1-2-22-21(23-11-3-4-12-25-13-5-6-14-25)24-18-19(20-10-9-17-27-20)26-15-7-8-16-26;/h9-10,17,19H,2-8,11-16,18H2,1H3,(H2,22,23,24);1H. The molecule has 1 unspecified atom stereocenters. The highest BCUT2D eigenvalue weighted by Gasteiger charge is 2.24. The van der Waals surface area contributed by atoms with E-state index in [2.05, 4.69) is 44.9 Å². The minimum Gasteiger partial charge on any atom is -0.357 e. The number of guanidine groups is 1. The molecule has 7 heteroatoms. The highest BCUT2D eigenvalue weighted by molar-refractivity contribution is 14.0. The number of nitrogens with zero attached hydrogens (tertiary/aromatic N) is 3. The number of rotatable bonds is 10. The molecule has 3 heterocycles. The van der Waals surface area contributed by atoms with Gasteiger partial charge >= 0.3 is 0 Å². The average Bonchev–Trinajstić information content (AvgIpc) is 3.44. The first-order chi connectivity index (χ1) is 13.4. The van der Waals surface area contributed by atoms with Crippen LogP contribution in [0, 0.1) is 0 Å². The lowest BCUT2D eigenvalue weighted by atomic mass is 10.2. The van der Waals surface area contributed by atoms with E-state index in [1.165, 1.54) is 76.1 Å². The molecule has 0 radical (unpaired) electrons. The Labute approximate surface area is 192 Å². The van der Waals surface area contributed by atoms with E-state index in [1.807, 2.05) is 11.3 Å². The molecule has 0 amide bonds. The van der Waals surface area contributed by atoms with E-state index < -0.39 is 0 Å². The van der Waals surface area contributed by atoms with E-state index in [9.17, 15) is 0 Å². The second-order valence-electron chi connectivity index (χ2n) is 7.68. The maximum atomic E-state index is 4.94. The monoisotopic (exact) mass is 519 g/mol. The molecule has 2 saturated heterocycles. The van der Waals surface area contributed by atoms with Gasteiger partial charge in [0.25, 0.3) is 0 Å². The normalized spacial score (nSPS) is 19.5. The van der Waals surface area contributed by atoms with Gasteiger partial charge in [0.1, 0.15) is 0 Å². The molecule has 0 saturated carbocycles. The van der Waals surface area contributed by atoms with Crippen LogP contribution in [-0.4, -0.2) is 68.1 Å². The van der Waals surface area contributed by atoms with Crippen molar-refractivity contribution in [2.24, 2.45) is 4.99 Å². The molecule has 1 atom stereocenters. The van der Waals surface area contributed by atoms with Crippen molar-refractivity contribution < 1.29 is 0 Å². The number of likely N-dealkylation sites (tertiary alicyclic amines) is 2. The van der Waals surface area contributed by atoms with Crippen LogP contribution in [0.15, 0.2) is 22.5 Å². The summed E-state index contributed by atoms with van der Waals surface area (Å²) in [5.74, 6) is 0.972. The topological polar surface area (TPSA) is 42.9 Å². The first kappa shape index (κ1) is 23.9. The van der Waals surface area contributed by atoms with Gasteiger partial charge in [0.2, 0.25) is 0 Å². The zero-order valence-electron chi connectivity index (χ0n) is 17.4. The summed E-state index contributed by atoms with van der Waals surface area (Å²) in [7, 11) is 0. The van der Waals surface area contributed by atoms with Crippen molar-refractivity contribution in [2.75, 3.05) is 52.4 Å². The van der Waals surface area contributed by atoms with Crippen molar-refractivity contribution in [2.45, 2.75) is 51.5 Å². The molecule has 2 aliphatic rings. The Balaban J connectivity index is 0.00000280. The fourth-order valence-electron chi connectivity index (χ4n) is 4.11. The maximum Gasteiger partial charge on any atom is 0.191 e. The van der Waals surface area contributed by atoms with Crippen LogP contribution in [0.4, 0.5) is 0 Å². The van der Waals surface area contributed by atoms with E-state index >= 15 is 0 Å². The Morgan fingerprint density at radius 1 is 1.11 bits per heavy atom. The number of aliphatic imine (C=N–C) groups is 1. The lowest BCUT2D eigenvalue weighted by Crippen LogP contribution is -2.39. The lowest BCUT2D eigenvalue weighted by molar-refractivity contribution is 0.255. The summed E-state index contributed by atoms with van der Waals surface area (Å²) in [6.07, 6.45) is 7.90. The van der Waals surface area contributed by atoms with E-state index in [0.29, 0.717) is 6.04 Å². The molecule has 0 bridgehead atoms. The highest BCUT2D eigenvalue weighted by Crippen LogP contribution is 2.28. The number of hydrogen-bond acceptors (Lipinski definition) is 4. The number of hydrogen-bond donors (Lipinski definition) is 2. The van der Waals surface area contributed by atoms with Crippen LogP contribution in [-0.2, 0) is 0 Å². The summed E-state index contributed by atoms with van der Waals surface area (Å²) >= 11 is 1.86. The quantitative estimate of drug-likeness (QED) is 0.213. The van der Waals surface area contributed by atoms with Gasteiger partial charge < -0.3 is 15.5 Å². The number of halogens is 1. The van der Waals surface area contributed by atoms with Crippen LogP contribution in [0.2, 0.25) is 0 Å². The molecule has 0 spiro atoms. The zero-order chi connectivity index (χ0) is 18.7. The van der Waals surface area contributed by atoms with Gasteiger partial charge in [-0.1, -0.05) is 6.07 Å². The summed E-state index contributed by atoms with van der Waals surface area (Å²) < 4.78 is 0. The largest absolute Gasteiger partial charge is 0.357 e. The third kappa shape index (κ3) is 7.80. The molecule has 160 valence electrons. The van der Waals surface area contributed by atoms with Crippen LogP contribution >= 0.6 is 35.3 Å². The fraction of sp³-hybridized carbons (Fsp3) is 0.762.